The van der Waals surface area contributed by atoms with Crippen LogP contribution < -0.4 is 0 Å². The fourth-order valence-electron chi connectivity index (χ4n) is 3.85. The summed E-state index contributed by atoms with van der Waals surface area (Å²) >= 11 is 0. The molecule has 0 N–H and O–H groups in total. The lowest BCUT2D eigenvalue weighted by Gasteiger charge is -2.13. The highest BCUT2D eigenvalue weighted by Crippen LogP contribution is 2.42. The van der Waals surface area contributed by atoms with Crippen LogP contribution in [0.5, 0.6) is 0 Å². The maximum atomic E-state index is 2.38. The van der Waals surface area contributed by atoms with Crippen LogP contribution in [0.2, 0.25) is 0 Å². The molecule has 0 atom stereocenters. The molecule has 0 radical (unpaired) electrons. The van der Waals surface area contributed by atoms with E-state index in [-0.39, 0.29) is 0 Å². The zero-order valence-electron chi connectivity index (χ0n) is 14.9. The van der Waals surface area contributed by atoms with Gasteiger partial charge in [0.05, 0.1) is 11.2 Å². The molecule has 0 aliphatic rings. The summed E-state index contributed by atoms with van der Waals surface area (Å²) in [5.41, 5.74) is 7.37. The van der Waals surface area contributed by atoms with E-state index in [1.807, 2.05) is 0 Å². The molecule has 0 saturated heterocycles. The second-order valence-corrected chi connectivity index (χ2v) is 6.64. The van der Waals surface area contributed by atoms with Crippen LogP contribution in [-0.2, 0) is 0 Å². The Morgan fingerprint density at radius 3 is 1.63 bits per heavy atom. The molecular formula is C26H19N. The Labute approximate surface area is 159 Å². The highest BCUT2D eigenvalue weighted by Gasteiger charge is 2.20. The van der Waals surface area contributed by atoms with Crippen molar-refractivity contribution >= 4 is 10.9 Å². The van der Waals surface area contributed by atoms with Gasteiger partial charge in [-0.1, -0.05) is 97.1 Å². The van der Waals surface area contributed by atoms with Gasteiger partial charge >= 0.3 is 0 Å². The molecule has 5 rings (SSSR count). The molecular weight excluding hydrogens is 326 g/mol. The summed E-state index contributed by atoms with van der Waals surface area (Å²) in [4.78, 5) is 0. The first-order valence-corrected chi connectivity index (χ1v) is 9.23. The molecule has 0 aliphatic carbocycles. The van der Waals surface area contributed by atoms with Gasteiger partial charge in [0.15, 0.2) is 0 Å². The molecule has 128 valence electrons. The Morgan fingerprint density at radius 2 is 0.963 bits per heavy atom. The van der Waals surface area contributed by atoms with Gasteiger partial charge in [0, 0.05) is 16.6 Å². The summed E-state index contributed by atoms with van der Waals surface area (Å²) in [6, 6.07) is 40.6. The summed E-state index contributed by atoms with van der Waals surface area (Å²) in [6.07, 6.45) is 0. The lowest BCUT2D eigenvalue weighted by Crippen LogP contribution is -1.97. The molecule has 0 aliphatic heterocycles. The van der Waals surface area contributed by atoms with Gasteiger partial charge in [0.2, 0.25) is 0 Å². The van der Waals surface area contributed by atoms with Gasteiger partial charge in [0.25, 0.3) is 0 Å². The summed E-state index contributed by atoms with van der Waals surface area (Å²) in [5.74, 6) is 0. The Hall–Kier alpha value is -3.58. The van der Waals surface area contributed by atoms with Gasteiger partial charge in [-0.05, 0) is 29.3 Å². The molecule has 0 amide bonds. The maximum absolute atomic E-state index is 2.38. The number of nitrogens with zero attached hydrogens (tertiary/aromatic N) is 1. The average molecular weight is 345 g/mol. The molecule has 0 unspecified atom stereocenters. The molecule has 0 bridgehead atoms. The molecule has 1 nitrogen and oxygen atoms in total. The normalized spacial score (nSPS) is 11.0. The van der Waals surface area contributed by atoms with Crippen LogP contribution in [0.1, 0.15) is 0 Å². The van der Waals surface area contributed by atoms with E-state index in [1.54, 1.807) is 0 Å². The highest BCUT2D eigenvalue weighted by molar-refractivity contribution is 6.05. The largest absolute Gasteiger partial charge is 0.309 e. The summed E-state index contributed by atoms with van der Waals surface area (Å²) in [7, 11) is 0. The lowest BCUT2D eigenvalue weighted by molar-refractivity contribution is 1.13. The van der Waals surface area contributed by atoms with Gasteiger partial charge in [-0.2, -0.15) is 0 Å². The second-order valence-electron chi connectivity index (χ2n) is 6.64. The van der Waals surface area contributed by atoms with Crippen LogP contribution in [0.3, 0.4) is 0 Å². The Kier molecular flexibility index (Phi) is 3.84. The van der Waals surface area contributed by atoms with Crippen LogP contribution in [0.4, 0.5) is 0 Å². The van der Waals surface area contributed by atoms with Crippen molar-refractivity contribution in [1.29, 1.82) is 0 Å². The summed E-state index contributed by atoms with van der Waals surface area (Å²) in [6.45, 7) is 0. The molecule has 1 heteroatoms. The molecule has 0 saturated carbocycles. The Morgan fingerprint density at radius 1 is 0.444 bits per heavy atom. The van der Waals surface area contributed by atoms with Crippen molar-refractivity contribution in [2.24, 2.45) is 0 Å². The Bertz CT molecular complexity index is 1110. The first kappa shape index (κ1) is 15.7. The number of hydrogen-bond donors (Lipinski definition) is 0. The first-order valence-electron chi connectivity index (χ1n) is 9.23. The van der Waals surface area contributed by atoms with Crippen LogP contribution >= 0.6 is 0 Å². The number of rotatable bonds is 3. The molecule has 1 aromatic heterocycles. The monoisotopic (exact) mass is 345 g/mol. The smallest absolute Gasteiger partial charge is 0.0619 e. The topological polar surface area (TPSA) is 4.93 Å². The minimum Gasteiger partial charge on any atom is -0.309 e. The van der Waals surface area contributed by atoms with E-state index in [1.165, 1.54) is 39.0 Å². The number of para-hydroxylation sites is 2. The SMILES string of the molecule is c1ccc(-c2c(-c3ccccc3)n(-c3ccccc3)c3ccccc23)cc1. The van der Waals surface area contributed by atoms with E-state index in [9.17, 15) is 0 Å². The predicted molar refractivity (Wildman–Crippen MR) is 114 cm³/mol. The van der Waals surface area contributed by atoms with Crippen LogP contribution in [0.15, 0.2) is 115 Å². The van der Waals surface area contributed by atoms with Gasteiger partial charge in [-0.15, -0.1) is 0 Å². The van der Waals surface area contributed by atoms with Crippen molar-refractivity contribution in [3.63, 3.8) is 0 Å². The van der Waals surface area contributed by atoms with E-state index in [0.717, 1.165) is 0 Å². The van der Waals surface area contributed by atoms with Gasteiger partial charge in [0.1, 0.15) is 0 Å². The standard InChI is InChI=1S/C26H19N/c1-4-12-20(13-5-1)25-23-18-10-11-19-24(23)27(22-16-8-3-9-17-22)26(25)21-14-6-2-7-15-21/h1-19H. The van der Waals surface area contributed by atoms with E-state index in [0.29, 0.717) is 0 Å². The molecule has 5 aromatic rings. The van der Waals surface area contributed by atoms with E-state index >= 15 is 0 Å². The number of aromatic nitrogens is 1. The minimum atomic E-state index is 1.18. The van der Waals surface area contributed by atoms with E-state index < -0.39 is 0 Å². The maximum Gasteiger partial charge on any atom is 0.0619 e. The van der Waals surface area contributed by atoms with Crippen molar-refractivity contribution in [3.05, 3.63) is 115 Å². The van der Waals surface area contributed by atoms with Gasteiger partial charge < -0.3 is 4.57 Å². The summed E-state index contributed by atoms with van der Waals surface area (Å²) in [5, 5.41) is 1.27. The number of hydrogen-bond acceptors (Lipinski definition) is 0. The second kappa shape index (κ2) is 6.62. The summed E-state index contributed by atoms with van der Waals surface area (Å²) < 4.78 is 2.38. The predicted octanol–water partition coefficient (Wildman–Crippen LogP) is 6.96. The van der Waals surface area contributed by atoms with E-state index in [2.05, 4.69) is 120 Å². The van der Waals surface area contributed by atoms with Crippen molar-refractivity contribution in [1.82, 2.24) is 4.57 Å². The van der Waals surface area contributed by atoms with Gasteiger partial charge in [-0.25, -0.2) is 0 Å². The third-order valence-corrected chi connectivity index (χ3v) is 5.00. The van der Waals surface area contributed by atoms with Crippen LogP contribution in [-0.4, -0.2) is 4.57 Å². The van der Waals surface area contributed by atoms with Crippen LogP contribution in [0.25, 0.3) is 39.0 Å². The van der Waals surface area contributed by atoms with Crippen molar-refractivity contribution in [2.75, 3.05) is 0 Å². The zero-order chi connectivity index (χ0) is 18.1. The Balaban J connectivity index is 1.97. The lowest BCUT2D eigenvalue weighted by atomic mass is 9.98. The zero-order valence-corrected chi connectivity index (χ0v) is 14.9. The fraction of sp³-hybridized carbons (Fsp3) is 0. The molecule has 1 heterocycles. The van der Waals surface area contributed by atoms with Crippen molar-refractivity contribution in [2.45, 2.75) is 0 Å². The number of fused-ring (bicyclic) bond motifs is 1. The van der Waals surface area contributed by atoms with E-state index in [4.69, 9.17) is 0 Å². The number of benzene rings is 4. The van der Waals surface area contributed by atoms with Crippen LogP contribution in [0, 0.1) is 0 Å². The van der Waals surface area contributed by atoms with Gasteiger partial charge in [-0.3, -0.25) is 0 Å². The average Bonchev–Trinajstić information content (AvgIpc) is 3.11. The highest BCUT2D eigenvalue weighted by atomic mass is 15.0. The third kappa shape index (κ3) is 2.65. The van der Waals surface area contributed by atoms with Crippen molar-refractivity contribution < 1.29 is 0 Å². The first-order chi connectivity index (χ1) is 13.4. The molecule has 4 aromatic carbocycles. The third-order valence-electron chi connectivity index (χ3n) is 5.00. The molecule has 27 heavy (non-hydrogen) atoms. The molecule has 0 spiro atoms. The molecule has 0 fully saturated rings. The van der Waals surface area contributed by atoms with Crippen molar-refractivity contribution in [3.8, 4) is 28.1 Å². The quantitative estimate of drug-likeness (QED) is 0.333. The minimum absolute atomic E-state index is 1.18. The fourth-order valence-corrected chi connectivity index (χ4v) is 3.85.